The third-order valence-electron chi connectivity index (χ3n) is 5.27. The lowest BCUT2D eigenvalue weighted by molar-refractivity contribution is -0.143. The third-order valence-corrected chi connectivity index (χ3v) is 5.98. The van der Waals surface area contributed by atoms with Gasteiger partial charge in [0.2, 0.25) is 5.91 Å². The maximum atomic E-state index is 13.5. The largest absolute Gasteiger partial charge is 0.484 e. The van der Waals surface area contributed by atoms with Crippen molar-refractivity contribution in [3.05, 3.63) is 99.8 Å². The van der Waals surface area contributed by atoms with Gasteiger partial charge in [-0.1, -0.05) is 59.6 Å². The molecule has 8 heteroatoms. The standard InChI is InChI=1S/C27H27Cl2FN2O3/c1-18(2)31-27(34)25(15-19-7-4-3-5-8-19)32(16-22-23(28)9-6-10-24(22)29)26(33)17-35-21-13-11-20(30)12-14-21/h3-14,18,25H,15-17H2,1-2H3,(H,31,34)/t25-/m1/s1. The number of carbonyl (C=O) groups is 2. The van der Waals surface area contributed by atoms with Gasteiger partial charge in [0, 0.05) is 34.6 Å². The Morgan fingerprint density at radius 2 is 1.57 bits per heavy atom. The Morgan fingerprint density at radius 3 is 2.17 bits per heavy atom. The number of amides is 2. The van der Waals surface area contributed by atoms with Gasteiger partial charge < -0.3 is 15.0 Å². The molecule has 0 saturated carbocycles. The fourth-order valence-corrected chi connectivity index (χ4v) is 4.06. The van der Waals surface area contributed by atoms with Gasteiger partial charge in [-0.25, -0.2) is 4.39 Å². The summed E-state index contributed by atoms with van der Waals surface area (Å²) < 4.78 is 18.8. The molecule has 35 heavy (non-hydrogen) atoms. The molecular weight excluding hydrogens is 490 g/mol. The van der Waals surface area contributed by atoms with Crippen molar-refractivity contribution < 1.29 is 18.7 Å². The summed E-state index contributed by atoms with van der Waals surface area (Å²) in [5.41, 5.74) is 1.42. The molecule has 184 valence electrons. The Kier molecular flexibility index (Phi) is 9.52. The molecule has 0 bridgehead atoms. The first-order valence-electron chi connectivity index (χ1n) is 11.2. The zero-order chi connectivity index (χ0) is 25.4. The van der Waals surface area contributed by atoms with Crippen LogP contribution in [0.25, 0.3) is 0 Å². The second kappa shape index (κ2) is 12.6. The maximum absolute atomic E-state index is 13.5. The van der Waals surface area contributed by atoms with Gasteiger partial charge in [-0.3, -0.25) is 9.59 Å². The van der Waals surface area contributed by atoms with Crippen molar-refractivity contribution >= 4 is 35.0 Å². The van der Waals surface area contributed by atoms with E-state index in [1.807, 2.05) is 44.2 Å². The molecule has 0 aromatic heterocycles. The van der Waals surface area contributed by atoms with Crippen LogP contribution in [0.2, 0.25) is 10.0 Å². The Balaban J connectivity index is 1.95. The summed E-state index contributed by atoms with van der Waals surface area (Å²) in [5.74, 6) is -0.819. The number of ether oxygens (including phenoxy) is 1. The van der Waals surface area contributed by atoms with E-state index in [-0.39, 0.29) is 31.5 Å². The van der Waals surface area contributed by atoms with Gasteiger partial charge >= 0.3 is 0 Å². The van der Waals surface area contributed by atoms with Gasteiger partial charge in [-0.05, 0) is 55.8 Å². The monoisotopic (exact) mass is 516 g/mol. The molecule has 1 atom stereocenters. The molecule has 0 aliphatic rings. The van der Waals surface area contributed by atoms with E-state index in [1.165, 1.54) is 29.2 Å². The lowest BCUT2D eigenvalue weighted by Crippen LogP contribution is -2.52. The number of nitrogens with zero attached hydrogens (tertiary/aromatic N) is 1. The molecule has 0 aliphatic heterocycles. The molecule has 3 aromatic carbocycles. The van der Waals surface area contributed by atoms with Crippen LogP contribution in [0.15, 0.2) is 72.8 Å². The van der Waals surface area contributed by atoms with Crippen LogP contribution in [0.1, 0.15) is 25.0 Å². The highest BCUT2D eigenvalue weighted by molar-refractivity contribution is 6.36. The third kappa shape index (κ3) is 7.70. The summed E-state index contributed by atoms with van der Waals surface area (Å²) in [4.78, 5) is 28.2. The Hall–Kier alpha value is -3.09. The van der Waals surface area contributed by atoms with Crippen molar-refractivity contribution in [2.24, 2.45) is 0 Å². The fraction of sp³-hybridized carbons (Fsp3) is 0.259. The number of hydrogen-bond acceptors (Lipinski definition) is 3. The average molecular weight is 517 g/mol. The van der Waals surface area contributed by atoms with Crippen molar-refractivity contribution in [1.82, 2.24) is 10.2 Å². The molecule has 3 aromatic rings. The first-order valence-corrected chi connectivity index (χ1v) is 11.9. The Bertz CT molecular complexity index is 1120. The Labute approximate surface area is 214 Å². The van der Waals surface area contributed by atoms with Crippen LogP contribution in [-0.2, 0) is 22.6 Å². The minimum Gasteiger partial charge on any atom is -0.484 e. The number of benzene rings is 3. The van der Waals surface area contributed by atoms with Crippen LogP contribution >= 0.6 is 23.2 Å². The van der Waals surface area contributed by atoms with Crippen LogP contribution in [0.5, 0.6) is 5.75 Å². The van der Waals surface area contributed by atoms with Crippen LogP contribution in [0.4, 0.5) is 4.39 Å². The Morgan fingerprint density at radius 1 is 0.943 bits per heavy atom. The molecule has 5 nitrogen and oxygen atoms in total. The van der Waals surface area contributed by atoms with Gasteiger partial charge in [0.05, 0.1) is 0 Å². The highest BCUT2D eigenvalue weighted by Gasteiger charge is 2.32. The van der Waals surface area contributed by atoms with E-state index in [2.05, 4.69) is 5.32 Å². The van der Waals surface area contributed by atoms with Gasteiger partial charge in [0.15, 0.2) is 6.61 Å². The van der Waals surface area contributed by atoms with E-state index in [9.17, 15) is 14.0 Å². The molecule has 2 amide bonds. The quantitative estimate of drug-likeness (QED) is 0.377. The first-order chi connectivity index (χ1) is 16.7. The average Bonchev–Trinajstić information content (AvgIpc) is 2.82. The van der Waals surface area contributed by atoms with Gasteiger partial charge in [0.25, 0.3) is 5.91 Å². The molecular formula is C27H27Cl2FN2O3. The lowest BCUT2D eigenvalue weighted by atomic mass is 10.0. The van der Waals surface area contributed by atoms with E-state index >= 15 is 0 Å². The van der Waals surface area contributed by atoms with Crippen molar-refractivity contribution in [1.29, 1.82) is 0 Å². The molecule has 0 saturated heterocycles. The summed E-state index contributed by atoms with van der Waals surface area (Å²) in [6.45, 7) is 3.36. The molecule has 0 aliphatic carbocycles. The van der Waals surface area contributed by atoms with Gasteiger partial charge in [-0.15, -0.1) is 0 Å². The van der Waals surface area contributed by atoms with E-state index < -0.39 is 17.8 Å². The summed E-state index contributed by atoms with van der Waals surface area (Å²) in [6, 6.07) is 18.9. The van der Waals surface area contributed by atoms with E-state index in [1.54, 1.807) is 18.2 Å². The predicted octanol–water partition coefficient (Wildman–Crippen LogP) is 5.68. The summed E-state index contributed by atoms with van der Waals surface area (Å²) in [5, 5.41) is 3.69. The smallest absolute Gasteiger partial charge is 0.261 e. The second-order valence-corrected chi connectivity index (χ2v) is 9.15. The van der Waals surface area contributed by atoms with Crippen LogP contribution < -0.4 is 10.1 Å². The normalized spacial score (nSPS) is 11.7. The van der Waals surface area contributed by atoms with Crippen molar-refractivity contribution in [3.63, 3.8) is 0 Å². The minimum absolute atomic E-state index is 0.00708. The molecule has 0 spiro atoms. The number of carbonyl (C=O) groups excluding carboxylic acids is 2. The van der Waals surface area contributed by atoms with Crippen molar-refractivity contribution in [3.8, 4) is 5.75 Å². The van der Waals surface area contributed by atoms with Gasteiger partial charge in [-0.2, -0.15) is 0 Å². The number of halogens is 3. The molecule has 0 radical (unpaired) electrons. The number of hydrogen-bond donors (Lipinski definition) is 1. The summed E-state index contributed by atoms with van der Waals surface area (Å²) in [7, 11) is 0. The highest BCUT2D eigenvalue weighted by atomic mass is 35.5. The number of nitrogens with one attached hydrogen (secondary N) is 1. The van der Waals surface area contributed by atoms with Crippen molar-refractivity contribution in [2.75, 3.05) is 6.61 Å². The van der Waals surface area contributed by atoms with Gasteiger partial charge in [0.1, 0.15) is 17.6 Å². The molecule has 0 unspecified atom stereocenters. The molecule has 0 fully saturated rings. The summed E-state index contributed by atoms with van der Waals surface area (Å²) in [6.07, 6.45) is 0.282. The zero-order valence-electron chi connectivity index (χ0n) is 19.5. The van der Waals surface area contributed by atoms with Crippen molar-refractivity contribution in [2.45, 2.75) is 38.9 Å². The van der Waals surface area contributed by atoms with Crippen LogP contribution in [-0.4, -0.2) is 35.4 Å². The van der Waals surface area contributed by atoms with Crippen LogP contribution in [0.3, 0.4) is 0 Å². The van der Waals surface area contributed by atoms with Crippen LogP contribution in [0, 0.1) is 5.82 Å². The van der Waals surface area contributed by atoms with E-state index in [0.717, 1.165) is 5.56 Å². The maximum Gasteiger partial charge on any atom is 0.261 e. The molecule has 3 rings (SSSR count). The zero-order valence-corrected chi connectivity index (χ0v) is 21.0. The minimum atomic E-state index is -0.851. The highest BCUT2D eigenvalue weighted by Crippen LogP contribution is 2.27. The fourth-order valence-electron chi connectivity index (χ4n) is 3.55. The molecule has 0 heterocycles. The topological polar surface area (TPSA) is 58.6 Å². The summed E-state index contributed by atoms with van der Waals surface area (Å²) >= 11 is 12.8. The first kappa shape index (κ1) is 26.5. The second-order valence-electron chi connectivity index (χ2n) is 8.33. The van der Waals surface area contributed by atoms with E-state index in [0.29, 0.717) is 21.4 Å². The number of rotatable bonds is 10. The predicted molar refractivity (Wildman–Crippen MR) is 136 cm³/mol. The SMILES string of the molecule is CC(C)NC(=O)[C@@H](Cc1ccccc1)N(Cc1c(Cl)cccc1Cl)C(=O)COc1ccc(F)cc1. The molecule has 1 N–H and O–H groups in total. The van der Waals surface area contributed by atoms with E-state index in [4.69, 9.17) is 27.9 Å². The lowest BCUT2D eigenvalue weighted by Gasteiger charge is -2.32.